The first-order chi connectivity index (χ1) is 8.14. The van der Waals surface area contributed by atoms with Gasteiger partial charge in [0.1, 0.15) is 0 Å². The first-order valence-corrected chi connectivity index (χ1v) is 7.02. The maximum absolute atomic E-state index is 11.4. The number of rotatable bonds is 8. The fourth-order valence-electron chi connectivity index (χ4n) is 1.13. The first kappa shape index (κ1) is 14.1. The number of hydrogen-bond donors (Lipinski definition) is 1. The predicted molar refractivity (Wildman–Crippen MR) is 64.6 cm³/mol. The Balaban J connectivity index is 2.26. The molecule has 0 aliphatic rings. The van der Waals surface area contributed by atoms with Gasteiger partial charge in [-0.15, -0.1) is 0 Å². The van der Waals surface area contributed by atoms with Crippen molar-refractivity contribution in [2.45, 2.75) is 13.5 Å². The molecule has 0 saturated carbocycles. The Hall–Kier alpha value is -0.950. The molecular formula is C11H17NO4S. The van der Waals surface area contributed by atoms with Gasteiger partial charge in [-0.2, -0.15) is 0 Å². The zero-order valence-electron chi connectivity index (χ0n) is 9.76. The summed E-state index contributed by atoms with van der Waals surface area (Å²) >= 11 is 0. The third kappa shape index (κ3) is 6.38. The van der Waals surface area contributed by atoms with Crippen molar-refractivity contribution in [2.24, 2.45) is 0 Å². The SMILES string of the molecule is CCOCCS(=O)(=O)NOCc1ccccc1. The van der Waals surface area contributed by atoms with E-state index in [4.69, 9.17) is 9.57 Å². The fourth-order valence-corrected chi connectivity index (χ4v) is 1.79. The smallest absolute Gasteiger partial charge is 0.235 e. The summed E-state index contributed by atoms with van der Waals surface area (Å²) in [7, 11) is -3.42. The van der Waals surface area contributed by atoms with Crippen LogP contribution in [0.4, 0.5) is 0 Å². The van der Waals surface area contributed by atoms with Crippen LogP contribution in [0.15, 0.2) is 30.3 Å². The summed E-state index contributed by atoms with van der Waals surface area (Å²) in [5, 5.41) is 0. The van der Waals surface area contributed by atoms with E-state index >= 15 is 0 Å². The van der Waals surface area contributed by atoms with E-state index in [0.29, 0.717) is 6.61 Å². The lowest BCUT2D eigenvalue weighted by molar-refractivity contribution is 0.0784. The highest BCUT2D eigenvalue weighted by molar-refractivity contribution is 7.89. The molecule has 0 aliphatic carbocycles. The molecule has 0 radical (unpaired) electrons. The third-order valence-electron chi connectivity index (χ3n) is 1.97. The molecule has 0 bridgehead atoms. The summed E-state index contributed by atoms with van der Waals surface area (Å²) < 4.78 is 27.7. The molecule has 0 fully saturated rings. The van der Waals surface area contributed by atoms with Crippen molar-refractivity contribution in [3.63, 3.8) is 0 Å². The molecule has 1 aromatic rings. The molecule has 0 amide bonds. The standard InChI is InChI=1S/C11H17NO4S/c1-2-15-8-9-17(13,14)12-16-10-11-6-4-3-5-7-11/h3-7,12H,2,8-10H2,1H3. The van der Waals surface area contributed by atoms with Gasteiger partial charge in [0, 0.05) is 6.61 Å². The summed E-state index contributed by atoms with van der Waals surface area (Å²) in [6, 6.07) is 9.32. The molecular weight excluding hydrogens is 242 g/mol. The van der Waals surface area contributed by atoms with Crippen molar-refractivity contribution in [1.82, 2.24) is 4.89 Å². The zero-order chi connectivity index (χ0) is 12.6. The van der Waals surface area contributed by atoms with Crippen LogP contribution in [0.3, 0.4) is 0 Å². The summed E-state index contributed by atoms with van der Waals surface area (Å²) in [4.78, 5) is 6.98. The molecule has 0 aliphatic heterocycles. The van der Waals surface area contributed by atoms with Crippen molar-refractivity contribution < 1.29 is 18.0 Å². The van der Waals surface area contributed by atoms with E-state index < -0.39 is 10.0 Å². The van der Waals surface area contributed by atoms with E-state index in [9.17, 15) is 8.42 Å². The minimum atomic E-state index is -3.42. The summed E-state index contributed by atoms with van der Waals surface area (Å²) in [6.07, 6.45) is 0. The van der Waals surface area contributed by atoms with Gasteiger partial charge in [-0.3, -0.25) is 4.84 Å². The van der Waals surface area contributed by atoms with Crippen LogP contribution in [0.5, 0.6) is 0 Å². The van der Waals surface area contributed by atoms with Gasteiger partial charge < -0.3 is 4.74 Å². The Bertz CT molecular complexity index is 405. The van der Waals surface area contributed by atoms with E-state index in [0.717, 1.165) is 5.56 Å². The van der Waals surface area contributed by atoms with Crippen LogP contribution in [-0.4, -0.2) is 27.4 Å². The molecule has 1 aromatic carbocycles. The van der Waals surface area contributed by atoms with Crippen LogP contribution in [0.25, 0.3) is 0 Å². The number of nitrogens with one attached hydrogen (secondary N) is 1. The molecule has 0 spiro atoms. The monoisotopic (exact) mass is 259 g/mol. The van der Waals surface area contributed by atoms with Crippen molar-refractivity contribution in [2.75, 3.05) is 19.0 Å². The second-order valence-electron chi connectivity index (χ2n) is 3.37. The van der Waals surface area contributed by atoms with E-state index in [-0.39, 0.29) is 19.0 Å². The summed E-state index contributed by atoms with van der Waals surface area (Å²) in [5.74, 6) is -0.102. The lowest BCUT2D eigenvalue weighted by Crippen LogP contribution is -2.28. The second-order valence-corrected chi connectivity index (χ2v) is 5.18. The van der Waals surface area contributed by atoms with Gasteiger partial charge in [0.25, 0.3) is 0 Å². The number of benzene rings is 1. The van der Waals surface area contributed by atoms with Gasteiger partial charge in [-0.1, -0.05) is 35.2 Å². The second kappa shape index (κ2) is 7.39. The molecule has 0 aromatic heterocycles. The van der Waals surface area contributed by atoms with E-state index in [2.05, 4.69) is 4.89 Å². The van der Waals surface area contributed by atoms with Crippen LogP contribution in [-0.2, 0) is 26.2 Å². The predicted octanol–water partition coefficient (Wildman–Crippen LogP) is 1.07. The Morgan fingerprint density at radius 2 is 1.94 bits per heavy atom. The Kier molecular flexibility index (Phi) is 6.13. The van der Waals surface area contributed by atoms with Crippen molar-refractivity contribution in [1.29, 1.82) is 0 Å². The largest absolute Gasteiger partial charge is 0.381 e. The molecule has 17 heavy (non-hydrogen) atoms. The molecule has 1 rings (SSSR count). The van der Waals surface area contributed by atoms with Gasteiger partial charge in [0.05, 0.1) is 19.0 Å². The average Bonchev–Trinajstić information content (AvgIpc) is 2.30. The van der Waals surface area contributed by atoms with Crippen LogP contribution >= 0.6 is 0 Å². The highest BCUT2D eigenvalue weighted by Gasteiger charge is 2.09. The number of sulfonamides is 1. The lowest BCUT2D eigenvalue weighted by Gasteiger charge is -2.07. The van der Waals surface area contributed by atoms with Crippen molar-refractivity contribution >= 4 is 10.0 Å². The maximum atomic E-state index is 11.4. The number of hydrogen-bond acceptors (Lipinski definition) is 4. The van der Waals surface area contributed by atoms with Crippen molar-refractivity contribution in [3.8, 4) is 0 Å². The molecule has 0 atom stereocenters. The molecule has 6 heteroatoms. The molecule has 0 saturated heterocycles. The maximum Gasteiger partial charge on any atom is 0.235 e. The van der Waals surface area contributed by atoms with E-state index in [1.165, 1.54) is 0 Å². The van der Waals surface area contributed by atoms with Gasteiger partial charge in [-0.25, -0.2) is 8.42 Å². The van der Waals surface area contributed by atoms with Gasteiger partial charge in [0.15, 0.2) is 0 Å². The van der Waals surface area contributed by atoms with Crippen LogP contribution in [0, 0.1) is 0 Å². The van der Waals surface area contributed by atoms with E-state index in [1.54, 1.807) is 0 Å². The summed E-state index contributed by atoms with van der Waals surface area (Å²) in [5.41, 5.74) is 0.903. The third-order valence-corrected chi connectivity index (χ3v) is 3.04. The summed E-state index contributed by atoms with van der Waals surface area (Å²) in [6.45, 7) is 2.68. The highest BCUT2D eigenvalue weighted by atomic mass is 32.2. The lowest BCUT2D eigenvalue weighted by atomic mass is 10.2. The highest BCUT2D eigenvalue weighted by Crippen LogP contribution is 1.99. The fraction of sp³-hybridized carbons (Fsp3) is 0.455. The normalized spacial score (nSPS) is 11.6. The van der Waals surface area contributed by atoms with E-state index in [1.807, 2.05) is 37.3 Å². The Morgan fingerprint density at radius 1 is 1.24 bits per heavy atom. The minimum absolute atomic E-state index is 0.102. The zero-order valence-corrected chi connectivity index (χ0v) is 10.6. The Labute approximate surface area is 102 Å². The van der Waals surface area contributed by atoms with Gasteiger partial charge >= 0.3 is 0 Å². The van der Waals surface area contributed by atoms with Crippen LogP contribution in [0.1, 0.15) is 12.5 Å². The molecule has 1 N–H and O–H groups in total. The quantitative estimate of drug-likeness (QED) is 0.560. The van der Waals surface area contributed by atoms with Gasteiger partial charge in [0.2, 0.25) is 10.0 Å². The van der Waals surface area contributed by atoms with Crippen LogP contribution < -0.4 is 4.89 Å². The minimum Gasteiger partial charge on any atom is -0.381 e. The molecule has 0 unspecified atom stereocenters. The topological polar surface area (TPSA) is 64.6 Å². The molecule has 0 heterocycles. The van der Waals surface area contributed by atoms with Gasteiger partial charge in [-0.05, 0) is 12.5 Å². The molecule has 96 valence electrons. The number of ether oxygens (including phenoxy) is 1. The van der Waals surface area contributed by atoms with Crippen LogP contribution in [0.2, 0.25) is 0 Å². The molecule has 5 nitrogen and oxygen atoms in total. The average molecular weight is 259 g/mol. The Morgan fingerprint density at radius 3 is 2.59 bits per heavy atom. The van der Waals surface area contributed by atoms with Crippen molar-refractivity contribution in [3.05, 3.63) is 35.9 Å². The first-order valence-electron chi connectivity index (χ1n) is 5.37.